The van der Waals surface area contributed by atoms with Gasteiger partial charge in [0.2, 0.25) is 5.91 Å². The SMILES string of the molecule is CNC(=O)CCCN(CCN)C1CCCCC1. The molecule has 1 rings (SSSR count). The number of carbonyl (C=O) groups excluding carboxylic acids is 1. The lowest BCUT2D eigenvalue weighted by atomic mass is 9.94. The summed E-state index contributed by atoms with van der Waals surface area (Å²) < 4.78 is 0. The molecule has 1 saturated carbocycles. The van der Waals surface area contributed by atoms with Crippen molar-refractivity contribution in [2.45, 2.75) is 51.0 Å². The van der Waals surface area contributed by atoms with Crippen LogP contribution in [-0.4, -0.2) is 43.5 Å². The topological polar surface area (TPSA) is 58.4 Å². The van der Waals surface area contributed by atoms with Gasteiger partial charge < -0.3 is 11.1 Å². The Kier molecular flexibility index (Phi) is 7.21. The molecule has 4 heteroatoms. The van der Waals surface area contributed by atoms with Crippen molar-refractivity contribution < 1.29 is 4.79 Å². The van der Waals surface area contributed by atoms with E-state index in [4.69, 9.17) is 5.73 Å². The van der Waals surface area contributed by atoms with Gasteiger partial charge >= 0.3 is 0 Å². The van der Waals surface area contributed by atoms with Crippen LogP contribution in [0.15, 0.2) is 0 Å². The maximum Gasteiger partial charge on any atom is 0.219 e. The van der Waals surface area contributed by atoms with Gasteiger partial charge in [-0.05, 0) is 25.8 Å². The fraction of sp³-hybridized carbons (Fsp3) is 0.923. The standard InChI is InChI=1S/C13H27N3O/c1-15-13(17)8-5-10-16(11-9-14)12-6-3-2-4-7-12/h12H,2-11,14H2,1H3,(H,15,17). The minimum atomic E-state index is 0.140. The Morgan fingerprint density at radius 3 is 2.59 bits per heavy atom. The molecule has 1 fully saturated rings. The number of rotatable bonds is 7. The van der Waals surface area contributed by atoms with Gasteiger partial charge in [-0.1, -0.05) is 19.3 Å². The Morgan fingerprint density at radius 2 is 2.00 bits per heavy atom. The Hall–Kier alpha value is -0.610. The van der Waals surface area contributed by atoms with Gasteiger partial charge in [0, 0.05) is 32.6 Å². The van der Waals surface area contributed by atoms with Gasteiger partial charge in [-0.3, -0.25) is 9.69 Å². The molecule has 0 unspecified atom stereocenters. The summed E-state index contributed by atoms with van der Waals surface area (Å²) in [4.78, 5) is 13.7. The van der Waals surface area contributed by atoms with Crippen molar-refractivity contribution in [1.82, 2.24) is 10.2 Å². The second-order valence-corrected chi connectivity index (χ2v) is 4.89. The third kappa shape index (κ3) is 5.50. The Balaban J connectivity index is 2.28. The average Bonchev–Trinajstić information content (AvgIpc) is 2.38. The van der Waals surface area contributed by atoms with E-state index >= 15 is 0 Å². The summed E-state index contributed by atoms with van der Waals surface area (Å²) in [6, 6.07) is 0.706. The molecular formula is C13H27N3O. The van der Waals surface area contributed by atoms with Crippen molar-refractivity contribution in [3.63, 3.8) is 0 Å². The second-order valence-electron chi connectivity index (χ2n) is 4.89. The molecule has 0 saturated heterocycles. The molecule has 0 aliphatic heterocycles. The summed E-state index contributed by atoms with van der Waals surface area (Å²) in [7, 11) is 1.70. The molecular weight excluding hydrogens is 214 g/mol. The van der Waals surface area contributed by atoms with E-state index in [9.17, 15) is 4.79 Å². The molecule has 1 amide bonds. The van der Waals surface area contributed by atoms with Crippen molar-refractivity contribution in [3.05, 3.63) is 0 Å². The maximum atomic E-state index is 11.2. The van der Waals surface area contributed by atoms with Crippen molar-refractivity contribution in [1.29, 1.82) is 0 Å². The highest BCUT2D eigenvalue weighted by atomic mass is 16.1. The van der Waals surface area contributed by atoms with E-state index in [1.54, 1.807) is 7.05 Å². The van der Waals surface area contributed by atoms with Crippen LogP contribution in [0.4, 0.5) is 0 Å². The predicted octanol–water partition coefficient (Wildman–Crippen LogP) is 1.11. The average molecular weight is 241 g/mol. The van der Waals surface area contributed by atoms with Gasteiger partial charge in [0.15, 0.2) is 0 Å². The van der Waals surface area contributed by atoms with Crippen molar-refractivity contribution in [2.75, 3.05) is 26.7 Å². The molecule has 0 bridgehead atoms. The van der Waals surface area contributed by atoms with Gasteiger partial charge in [0.05, 0.1) is 0 Å². The molecule has 0 atom stereocenters. The monoisotopic (exact) mass is 241 g/mol. The van der Waals surface area contributed by atoms with Crippen LogP contribution in [0.2, 0.25) is 0 Å². The lowest BCUT2D eigenvalue weighted by molar-refractivity contribution is -0.120. The first-order valence-corrected chi connectivity index (χ1v) is 6.92. The zero-order valence-corrected chi connectivity index (χ0v) is 11.1. The highest BCUT2D eigenvalue weighted by Crippen LogP contribution is 2.22. The lowest BCUT2D eigenvalue weighted by Crippen LogP contribution is -2.40. The lowest BCUT2D eigenvalue weighted by Gasteiger charge is -2.34. The second kappa shape index (κ2) is 8.48. The van der Waals surface area contributed by atoms with Crippen molar-refractivity contribution >= 4 is 5.91 Å². The fourth-order valence-corrected chi connectivity index (χ4v) is 2.66. The molecule has 0 aromatic carbocycles. The third-order valence-electron chi connectivity index (χ3n) is 3.64. The molecule has 0 heterocycles. The first kappa shape index (κ1) is 14.5. The number of carbonyl (C=O) groups is 1. The summed E-state index contributed by atoms with van der Waals surface area (Å²) in [6.07, 6.45) is 8.26. The first-order valence-electron chi connectivity index (χ1n) is 6.92. The van der Waals surface area contributed by atoms with Gasteiger partial charge in [-0.15, -0.1) is 0 Å². The molecule has 0 aromatic heterocycles. The molecule has 100 valence electrons. The zero-order valence-electron chi connectivity index (χ0n) is 11.1. The van der Waals surface area contributed by atoms with Crippen LogP contribution in [0, 0.1) is 0 Å². The Bertz CT molecular complexity index is 215. The molecule has 3 N–H and O–H groups in total. The highest BCUT2D eigenvalue weighted by Gasteiger charge is 2.20. The van der Waals surface area contributed by atoms with Crippen molar-refractivity contribution in [2.24, 2.45) is 5.73 Å². The summed E-state index contributed by atoms with van der Waals surface area (Å²) in [5.74, 6) is 0.140. The van der Waals surface area contributed by atoms with Crippen LogP contribution >= 0.6 is 0 Å². The number of amides is 1. The highest BCUT2D eigenvalue weighted by molar-refractivity contribution is 5.75. The maximum absolute atomic E-state index is 11.2. The molecule has 17 heavy (non-hydrogen) atoms. The molecule has 4 nitrogen and oxygen atoms in total. The van der Waals surface area contributed by atoms with E-state index in [-0.39, 0.29) is 5.91 Å². The molecule has 0 radical (unpaired) electrons. The zero-order chi connectivity index (χ0) is 12.5. The molecule has 1 aliphatic rings. The number of hydrogen-bond acceptors (Lipinski definition) is 3. The van der Waals surface area contributed by atoms with Gasteiger partial charge in [-0.25, -0.2) is 0 Å². The van der Waals surface area contributed by atoms with Crippen LogP contribution < -0.4 is 11.1 Å². The number of nitrogens with zero attached hydrogens (tertiary/aromatic N) is 1. The number of hydrogen-bond donors (Lipinski definition) is 2. The van der Waals surface area contributed by atoms with Crippen LogP contribution in [0.1, 0.15) is 44.9 Å². The fourth-order valence-electron chi connectivity index (χ4n) is 2.66. The first-order chi connectivity index (χ1) is 8.27. The summed E-state index contributed by atoms with van der Waals surface area (Å²) in [6.45, 7) is 2.70. The van der Waals surface area contributed by atoms with Crippen LogP contribution in [-0.2, 0) is 4.79 Å². The van der Waals surface area contributed by atoms with Gasteiger partial charge in [-0.2, -0.15) is 0 Å². The predicted molar refractivity (Wildman–Crippen MR) is 70.8 cm³/mol. The minimum absolute atomic E-state index is 0.140. The van der Waals surface area contributed by atoms with E-state index < -0.39 is 0 Å². The number of nitrogens with two attached hydrogens (primary N) is 1. The molecule has 0 spiro atoms. The van der Waals surface area contributed by atoms with Crippen LogP contribution in [0.25, 0.3) is 0 Å². The van der Waals surface area contributed by atoms with Crippen LogP contribution in [0.3, 0.4) is 0 Å². The smallest absolute Gasteiger partial charge is 0.219 e. The minimum Gasteiger partial charge on any atom is -0.359 e. The van der Waals surface area contributed by atoms with Crippen LogP contribution in [0.5, 0.6) is 0 Å². The van der Waals surface area contributed by atoms with Gasteiger partial charge in [0.1, 0.15) is 0 Å². The van der Waals surface area contributed by atoms with Gasteiger partial charge in [0.25, 0.3) is 0 Å². The summed E-state index contributed by atoms with van der Waals surface area (Å²) >= 11 is 0. The van der Waals surface area contributed by atoms with E-state index in [1.165, 1.54) is 32.1 Å². The largest absolute Gasteiger partial charge is 0.359 e. The number of nitrogens with one attached hydrogen (secondary N) is 1. The Morgan fingerprint density at radius 1 is 1.29 bits per heavy atom. The van der Waals surface area contributed by atoms with E-state index in [2.05, 4.69) is 10.2 Å². The Labute approximate surface area is 105 Å². The van der Waals surface area contributed by atoms with E-state index in [0.717, 1.165) is 26.1 Å². The quantitative estimate of drug-likeness (QED) is 0.702. The van der Waals surface area contributed by atoms with Crippen molar-refractivity contribution in [3.8, 4) is 0 Å². The third-order valence-corrected chi connectivity index (χ3v) is 3.64. The molecule has 1 aliphatic carbocycles. The molecule has 0 aromatic rings. The summed E-state index contributed by atoms with van der Waals surface area (Å²) in [5, 5.41) is 2.67. The van der Waals surface area contributed by atoms with E-state index in [1.807, 2.05) is 0 Å². The van der Waals surface area contributed by atoms with E-state index in [0.29, 0.717) is 12.5 Å². The normalized spacial score (nSPS) is 17.4. The summed E-state index contributed by atoms with van der Waals surface area (Å²) in [5.41, 5.74) is 5.67.